The minimum atomic E-state index is 0. The molecule has 1 aromatic heterocycles. The van der Waals surface area contributed by atoms with E-state index in [1.54, 1.807) is 0 Å². The SMILES string of the molecule is [Cu].c1ccc2c(c1)[nH]c1ccccc12. The second-order valence-electron chi connectivity index (χ2n) is 3.22. The maximum atomic E-state index is 3.38. The summed E-state index contributed by atoms with van der Waals surface area (Å²) in [5.41, 5.74) is 2.42. The summed E-state index contributed by atoms with van der Waals surface area (Å²) in [7, 11) is 0. The Morgan fingerprint density at radius 1 is 0.643 bits per heavy atom. The molecule has 0 amide bonds. The number of nitrogens with one attached hydrogen (secondary N) is 1. The number of rotatable bonds is 0. The summed E-state index contributed by atoms with van der Waals surface area (Å²) in [6.45, 7) is 0. The Bertz CT molecular complexity index is 518. The van der Waals surface area contributed by atoms with Crippen molar-refractivity contribution in [1.82, 2.24) is 4.98 Å². The predicted octanol–water partition coefficient (Wildman–Crippen LogP) is 3.32. The minimum Gasteiger partial charge on any atom is -0.355 e. The molecule has 0 bridgehead atoms. The maximum absolute atomic E-state index is 3.38. The molecular weight excluding hydrogens is 222 g/mol. The van der Waals surface area contributed by atoms with E-state index < -0.39 is 0 Å². The van der Waals surface area contributed by atoms with E-state index in [4.69, 9.17) is 0 Å². The molecule has 0 fully saturated rings. The van der Waals surface area contributed by atoms with Crippen LogP contribution in [0, 0.1) is 0 Å². The minimum absolute atomic E-state index is 0. The first-order valence-corrected chi connectivity index (χ1v) is 4.40. The number of hydrogen-bond donors (Lipinski definition) is 1. The van der Waals surface area contributed by atoms with Crippen molar-refractivity contribution in [1.29, 1.82) is 0 Å². The van der Waals surface area contributed by atoms with Crippen LogP contribution in [-0.4, -0.2) is 4.98 Å². The van der Waals surface area contributed by atoms with E-state index in [0.29, 0.717) is 0 Å². The third-order valence-corrected chi connectivity index (χ3v) is 2.41. The molecule has 0 atom stereocenters. The Kier molecular flexibility index (Phi) is 2.32. The number of aromatic amines is 1. The number of fused-ring (bicyclic) bond motifs is 3. The van der Waals surface area contributed by atoms with Crippen LogP contribution >= 0.6 is 0 Å². The Morgan fingerprint density at radius 2 is 1.07 bits per heavy atom. The van der Waals surface area contributed by atoms with Gasteiger partial charge in [0.25, 0.3) is 0 Å². The zero-order chi connectivity index (χ0) is 8.67. The molecule has 0 spiro atoms. The zero-order valence-corrected chi connectivity index (χ0v) is 8.36. The summed E-state index contributed by atoms with van der Waals surface area (Å²) in [6, 6.07) is 16.8. The molecule has 0 aliphatic carbocycles. The van der Waals surface area contributed by atoms with Gasteiger partial charge in [-0.2, -0.15) is 0 Å². The van der Waals surface area contributed by atoms with Gasteiger partial charge >= 0.3 is 0 Å². The first kappa shape index (κ1) is 9.32. The standard InChI is InChI=1S/C12H9N.Cu/c1-3-7-11-9(5-1)10-6-2-4-8-12(10)13-11;/h1-8,13H;. The van der Waals surface area contributed by atoms with Gasteiger partial charge < -0.3 is 4.98 Å². The smallest absolute Gasteiger partial charge is 0.0464 e. The molecule has 0 aliphatic heterocycles. The fraction of sp³-hybridized carbons (Fsp3) is 0. The van der Waals surface area contributed by atoms with E-state index >= 15 is 0 Å². The zero-order valence-electron chi connectivity index (χ0n) is 7.42. The first-order valence-electron chi connectivity index (χ1n) is 4.40. The van der Waals surface area contributed by atoms with Crippen LogP contribution in [-0.2, 0) is 17.1 Å². The quantitative estimate of drug-likeness (QED) is 0.571. The van der Waals surface area contributed by atoms with E-state index in [1.165, 1.54) is 21.8 Å². The summed E-state index contributed by atoms with van der Waals surface area (Å²) in [4.78, 5) is 3.38. The molecule has 2 heteroatoms. The van der Waals surface area contributed by atoms with E-state index in [2.05, 4.69) is 53.5 Å². The van der Waals surface area contributed by atoms with Crippen molar-refractivity contribution in [3.8, 4) is 0 Å². The van der Waals surface area contributed by atoms with Crippen molar-refractivity contribution in [3.63, 3.8) is 0 Å². The Balaban J connectivity index is 0.000000750. The molecule has 1 nitrogen and oxygen atoms in total. The van der Waals surface area contributed by atoms with Gasteiger partial charge in [-0.15, -0.1) is 0 Å². The average Bonchev–Trinajstić information content (AvgIpc) is 2.56. The monoisotopic (exact) mass is 230 g/mol. The fourth-order valence-electron chi connectivity index (χ4n) is 1.80. The molecule has 73 valence electrons. The molecule has 1 radical (unpaired) electrons. The van der Waals surface area contributed by atoms with Gasteiger partial charge in [0.1, 0.15) is 0 Å². The Labute approximate surface area is 92.6 Å². The molecule has 3 rings (SSSR count). The molecule has 0 saturated heterocycles. The maximum Gasteiger partial charge on any atom is 0.0464 e. The number of benzene rings is 2. The Morgan fingerprint density at radius 3 is 1.57 bits per heavy atom. The van der Waals surface area contributed by atoms with Crippen LogP contribution in [0.15, 0.2) is 48.5 Å². The van der Waals surface area contributed by atoms with E-state index in [0.717, 1.165) is 0 Å². The van der Waals surface area contributed by atoms with Crippen LogP contribution in [0.25, 0.3) is 21.8 Å². The summed E-state index contributed by atoms with van der Waals surface area (Å²) < 4.78 is 0. The van der Waals surface area contributed by atoms with E-state index in [9.17, 15) is 0 Å². The molecular formula is C12H9CuN. The van der Waals surface area contributed by atoms with Crippen LogP contribution in [0.4, 0.5) is 0 Å². The summed E-state index contributed by atoms with van der Waals surface area (Å²) >= 11 is 0. The number of para-hydroxylation sites is 2. The molecule has 14 heavy (non-hydrogen) atoms. The van der Waals surface area contributed by atoms with Crippen molar-refractivity contribution in [2.24, 2.45) is 0 Å². The van der Waals surface area contributed by atoms with E-state index in [1.807, 2.05) is 0 Å². The van der Waals surface area contributed by atoms with Crippen molar-refractivity contribution < 1.29 is 17.1 Å². The van der Waals surface area contributed by atoms with Crippen molar-refractivity contribution >= 4 is 21.8 Å². The van der Waals surface area contributed by atoms with Gasteiger partial charge in [0.05, 0.1) is 0 Å². The fourth-order valence-corrected chi connectivity index (χ4v) is 1.80. The van der Waals surface area contributed by atoms with Crippen molar-refractivity contribution in [2.75, 3.05) is 0 Å². The van der Waals surface area contributed by atoms with Crippen molar-refractivity contribution in [2.45, 2.75) is 0 Å². The summed E-state index contributed by atoms with van der Waals surface area (Å²) in [6.07, 6.45) is 0. The third kappa shape index (κ3) is 1.24. The molecule has 0 saturated carbocycles. The average molecular weight is 231 g/mol. The molecule has 1 heterocycles. The molecule has 3 aromatic rings. The van der Waals surface area contributed by atoms with Gasteiger partial charge in [0, 0.05) is 38.9 Å². The Hall–Kier alpha value is -1.24. The summed E-state index contributed by atoms with van der Waals surface area (Å²) in [5.74, 6) is 0. The van der Waals surface area contributed by atoms with Crippen molar-refractivity contribution in [3.05, 3.63) is 48.5 Å². The third-order valence-electron chi connectivity index (χ3n) is 2.41. The van der Waals surface area contributed by atoms with Gasteiger partial charge in [0.2, 0.25) is 0 Å². The first-order chi connectivity index (χ1) is 6.45. The number of aromatic nitrogens is 1. The topological polar surface area (TPSA) is 15.8 Å². The van der Waals surface area contributed by atoms with Crippen LogP contribution in [0.1, 0.15) is 0 Å². The largest absolute Gasteiger partial charge is 0.355 e. The predicted molar refractivity (Wildman–Crippen MR) is 55.8 cm³/mol. The second kappa shape index (κ2) is 3.49. The normalized spacial score (nSPS) is 10.3. The number of H-pyrrole nitrogens is 1. The van der Waals surface area contributed by atoms with Gasteiger partial charge in [-0.3, -0.25) is 0 Å². The molecule has 0 aliphatic rings. The molecule has 0 unspecified atom stereocenters. The van der Waals surface area contributed by atoms with E-state index in [-0.39, 0.29) is 17.1 Å². The van der Waals surface area contributed by atoms with Gasteiger partial charge in [-0.05, 0) is 12.1 Å². The number of hydrogen-bond acceptors (Lipinski definition) is 0. The van der Waals surface area contributed by atoms with Crippen LogP contribution in [0.3, 0.4) is 0 Å². The summed E-state index contributed by atoms with van der Waals surface area (Å²) in [5, 5.41) is 2.61. The molecule has 2 aromatic carbocycles. The van der Waals surface area contributed by atoms with Crippen LogP contribution in [0.2, 0.25) is 0 Å². The van der Waals surface area contributed by atoms with Gasteiger partial charge in [0.15, 0.2) is 0 Å². The molecule has 1 N–H and O–H groups in total. The van der Waals surface area contributed by atoms with Gasteiger partial charge in [-0.25, -0.2) is 0 Å². The van der Waals surface area contributed by atoms with Crippen LogP contribution in [0.5, 0.6) is 0 Å². The van der Waals surface area contributed by atoms with Gasteiger partial charge in [-0.1, -0.05) is 36.4 Å². The second-order valence-corrected chi connectivity index (χ2v) is 3.22. The van der Waals surface area contributed by atoms with Crippen LogP contribution < -0.4 is 0 Å².